The molecule has 2 N–H and O–H groups in total. The van der Waals surface area contributed by atoms with Gasteiger partial charge in [-0.25, -0.2) is 0 Å². The lowest BCUT2D eigenvalue weighted by molar-refractivity contribution is 0.479. The molecule has 0 spiro atoms. The Kier molecular flexibility index (Phi) is 15.9. The summed E-state index contributed by atoms with van der Waals surface area (Å²) in [6, 6.07) is 11.7. The van der Waals surface area contributed by atoms with E-state index in [4.69, 9.17) is 4.55 Å². The summed E-state index contributed by atoms with van der Waals surface area (Å²) < 4.78 is 62.2. The summed E-state index contributed by atoms with van der Waals surface area (Å²) in [4.78, 5) is 0.0523. The molecule has 0 aliphatic rings. The molecule has 0 aromatic heterocycles. The molecule has 0 aliphatic carbocycles. The minimum absolute atomic E-state index is 0.0116. The Morgan fingerprint density at radius 1 is 0.595 bits per heavy atom. The lowest BCUT2D eigenvalue weighted by Gasteiger charge is -2.07. The van der Waals surface area contributed by atoms with E-state index in [-0.39, 0.29) is 9.79 Å². The molecule has 2 aromatic carbocycles. The fraction of sp³-hybridized carbons (Fsp3) is 0.586. The first-order valence-electron chi connectivity index (χ1n) is 13.6. The zero-order valence-electron chi connectivity index (χ0n) is 22.8. The summed E-state index contributed by atoms with van der Waals surface area (Å²) in [5.41, 5.74) is 2.10. The Labute approximate surface area is 225 Å². The van der Waals surface area contributed by atoms with Crippen LogP contribution in [0.3, 0.4) is 0 Å². The summed E-state index contributed by atoms with van der Waals surface area (Å²) in [6.45, 7) is 5.67. The third kappa shape index (κ3) is 14.7. The van der Waals surface area contributed by atoms with E-state index in [1.165, 1.54) is 82.8 Å². The number of hydrogen-bond donors (Lipinski definition) is 2. The van der Waals surface area contributed by atoms with E-state index in [0.717, 1.165) is 24.0 Å². The molecular formula is C29H46O6S2. The molecule has 0 bridgehead atoms. The van der Waals surface area contributed by atoms with Crippen LogP contribution in [0, 0.1) is 13.8 Å². The fourth-order valence-electron chi connectivity index (χ4n) is 4.28. The first-order chi connectivity index (χ1) is 17.5. The van der Waals surface area contributed by atoms with Crippen molar-refractivity contribution in [3.05, 3.63) is 59.2 Å². The highest BCUT2D eigenvalue weighted by atomic mass is 32.2. The molecule has 0 unspecified atom stereocenters. The Morgan fingerprint density at radius 2 is 1.05 bits per heavy atom. The van der Waals surface area contributed by atoms with Crippen LogP contribution >= 0.6 is 0 Å². The molecule has 8 heteroatoms. The lowest BCUT2D eigenvalue weighted by atomic mass is 10.0. The molecule has 0 amide bonds. The molecule has 0 heterocycles. The van der Waals surface area contributed by atoms with Crippen molar-refractivity contribution >= 4 is 20.2 Å². The number of hydrogen-bond acceptors (Lipinski definition) is 4. The number of aryl methyl sites for hydroxylation is 3. The Hall–Kier alpha value is -1.74. The van der Waals surface area contributed by atoms with Crippen molar-refractivity contribution in [2.45, 2.75) is 120 Å². The van der Waals surface area contributed by atoms with Gasteiger partial charge in [0.25, 0.3) is 20.2 Å². The van der Waals surface area contributed by atoms with Gasteiger partial charge in [0.1, 0.15) is 0 Å². The summed E-state index contributed by atoms with van der Waals surface area (Å²) in [5.74, 6) is 0. The largest absolute Gasteiger partial charge is 0.294 e. The van der Waals surface area contributed by atoms with Crippen molar-refractivity contribution in [3.63, 3.8) is 0 Å². The van der Waals surface area contributed by atoms with Crippen molar-refractivity contribution in [1.29, 1.82) is 0 Å². The van der Waals surface area contributed by atoms with Crippen molar-refractivity contribution in [2.75, 3.05) is 0 Å². The maximum absolute atomic E-state index is 11.3. The van der Waals surface area contributed by atoms with E-state index in [2.05, 4.69) is 6.92 Å². The van der Waals surface area contributed by atoms with E-state index < -0.39 is 20.2 Å². The predicted octanol–water partition coefficient (Wildman–Crippen LogP) is 8.12. The van der Waals surface area contributed by atoms with Crippen LogP contribution < -0.4 is 0 Å². The predicted molar refractivity (Wildman–Crippen MR) is 151 cm³/mol. The SMILES string of the molecule is CCCCCCCCCCCCCCCc1ccccc1S(=O)(=O)O.Cc1ccc(C)c(S(=O)(=O)O)c1. The molecule has 37 heavy (non-hydrogen) atoms. The second-order valence-electron chi connectivity index (χ2n) is 9.82. The monoisotopic (exact) mass is 554 g/mol. The van der Waals surface area contributed by atoms with Crippen molar-refractivity contribution in [2.24, 2.45) is 0 Å². The van der Waals surface area contributed by atoms with Gasteiger partial charge in [0.15, 0.2) is 0 Å². The average Bonchev–Trinajstić information content (AvgIpc) is 2.83. The molecule has 2 aromatic rings. The molecule has 0 aliphatic heterocycles. The van der Waals surface area contributed by atoms with Gasteiger partial charge in [-0.15, -0.1) is 0 Å². The van der Waals surface area contributed by atoms with Crippen LogP contribution in [0.5, 0.6) is 0 Å². The van der Waals surface area contributed by atoms with E-state index in [1.54, 1.807) is 38.1 Å². The van der Waals surface area contributed by atoms with E-state index in [9.17, 15) is 21.4 Å². The number of benzene rings is 2. The first kappa shape index (κ1) is 33.3. The van der Waals surface area contributed by atoms with E-state index in [1.807, 2.05) is 6.07 Å². The molecule has 2 rings (SSSR count). The Morgan fingerprint density at radius 3 is 1.51 bits per heavy atom. The normalized spacial score (nSPS) is 11.7. The standard InChI is InChI=1S/C21H36O3S.C8H10O3S/c1-2-3-4-5-6-7-8-9-10-11-12-13-14-17-20-18-15-16-19-21(20)25(22,23)24;1-6-3-4-7(2)8(5-6)12(9,10)11/h15-16,18-19H,2-14,17H2,1H3,(H,22,23,24);3-5H,1-2H3,(H,9,10,11). The van der Waals surface area contributed by atoms with Gasteiger partial charge in [-0.2, -0.15) is 16.8 Å². The minimum atomic E-state index is -4.10. The lowest BCUT2D eigenvalue weighted by Crippen LogP contribution is -2.03. The van der Waals surface area contributed by atoms with E-state index in [0.29, 0.717) is 12.0 Å². The van der Waals surface area contributed by atoms with Gasteiger partial charge < -0.3 is 0 Å². The minimum Gasteiger partial charge on any atom is -0.282 e. The second-order valence-corrected chi connectivity index (χ2v) is 12.6. The molecule has 0 saturated heterocycles. The Balaban J connectivity index is 0.000000474. The highest BCUT2D eigenvalue weighted by Crippen LogP contribution is 2.19. The second kappa shape index (κ2) is 17.7. The van der Waals surface area contributed by atoms with Crippen LogP contribution in [0.2, 0.25) is 0 Å². The number of rotatable bonds is 16. The highest BCUT2D eigenvalue weighted by Gasteiger charge is 2.14. The van der Waals surface area contributed by atoms with Crippen molar-refractivity contribution < 1.29 is 25.9 Å². The topological polar surface area (TPSA) is 109 Å². The molecule has 210 valence electrons. The van der Waals surface area contributed by atoms with Crippen molar-refractivity contribution in [3.8, 4) is 0 Å². The first-order valence-corrected chi connectivity index (χ1v) is 16.4. The summed E-state index contributed by atoms with van der Waals surface area (Å²) in [5, 5.41) is 0. The summed E-state index contributed by atoms with van der Waals surface area (Å²) in [6.07, 6.45) is 17.6. The third-order valence-corrected chi connectivity index (χ3v) is 8.37. The summed E-state index contributed by atoms with van der Waals surface area (Å²) in [7, 11) is -8.16. The molecule has 0 saturated carbocycles. The van der Waals surface area contributed by atoms with Gasteiger partial charge >= 0.3 is 0 Å². The van der Waals surface area contributed by atoms with Crippen LogP contribution in [-0.2, 0) is 26.7 Å². The smallest absolute Gasteiger partial charge is 0.282 e. The molecule has 0 fully saturated rings. The van der Waals surface area contributed by atoms with Crippen LogP contribution in [-0.4, -0.2) is 25.9 Å². The zero-order valence-corrected chi connectivity index (χ0v) is 24.4. The van der Waals surface area contributed by atoms with Crippen LogP contribution in [0.1, 0.15) is 107 Å². The van der Waals surface area contributed by atoms with Crippen molar-refractivity contribution in [1.82, 2.24) is 0 Å². The van der Waals surface area contributed by atoms with Gasteiger partial charge in [-0.05, 0) is 55.5 Å². The molecule has 0 radical (unpaired) electrons. The average molecular weight is 555 g/mol. The maximum atomic E-state index is 11.3. The molecule has 0 atom stereocenters. The van der Waals surface area contributed by atoms with Gasteiger partial charge in [0.2, 0.25) is 0 Å². The third-order valence-electron chi connectivity index (χ3n) is 6.42. The van der Waals surface area contributed by atoms with Gasteiger partial charge in [-0.1, -0.05) is 114 Å². The van der Waals surface area contributed by atoms with Crippen LogP contribution in [0.4, 0.5) is 0 Å². The van der Waals surface area contributed by atoms with Gasteiger partial charge in [0.05, 0.1) is 9.79 Å². The van der Waals surface area contributed by atoms with Gasteiger partial charge in [-0.3, -0.25) is 9.11 Å². The fourth-order valence-corrected chi connectivity index (χ4v) is 5.84. The summed E-state index contributed by atoms with van der Waals surface area (Å²) >= 11 is 0. The van der Waals surface area contributed by atoms with Crippen LogP contribution in [0.25, 0.3) is 0 Å². The molecule has 6 nitrogen and oxygen atoms in total. The van der Waals surface area contributed by atoms with Crippen LogP contribution in [0.15, 0.2) is 52.3 Å². The zero-order chi connectivity index (χ0) is 27.7. The number of unbranched alkanes of at least 4 members (excludes halogenated alkanes) is 12. The van der Waals surface area contributed by atoms with E-state index >= 15 is 0 Å². The quantitative estimate of drug-likeness (QED) is 0.160. The van der Waals surface area contributed by atoms with Gasteiger partial charge in [0, 0.05) is 0 Å². The molecular weight excluding hydrogens is 508 g/mol. The highest BCUT2D eigenvalue weighted by molar-refractivity contribution is 7.86. The Bertz CT molecular complexity index is 1120. The maximum Gasteiger partial charge on any atom is 0.294 e.